The van der Waals surface area contributed by atoms with E-state index in [4.69, 9.17) is 0 Å². The van der Waals surface area contributed by atoms with E-state index in [1.54, 1.807) is 30.3 Å². The van der Waals surface area contributed by atoms with Gasteiger partial charge >= 0.3 is 5.97 Å². The minimum Gasteiger partial charge on any atom is -0.478 e. The van der Waals surface area contributed by atoms with Gasteiger partial charge in [0.1, 0.15) is 10.3 Å². The Labute approximate surface area is 209 Å². The molecular weight excluding hydrogens is 484 g/mol. The van der Waals surface area contributed by atoms with Crippen molar-refractivity contribution in [1.29, 1.82) is 0 Å². The fourth-order valence-corrected chi connectivity index (χ4v) is 4.95. The molecule has 4 aromatic rings. The molecule has 3 aromatic carbocycles. The number of thioether (sulfide) groups is 1. The third-order valence-electron chi connectivity index (χ3n) is 4.84. The first-order valence-electron chi connectivity index (χ1n) is 10.5. The van der Waals surface area contributed by atoms with E-state index in [2.05, 4.69) is 20.8 Å². The molecular formula is C25H20N4O4S2. The number of hydrogen-bond acceptors (Lipinski definition) is 7. The van der Waals surface area contributed by atoms with E-state index >= 15 is 0 Å². The molecule has 0 aliphatic carbocycles. The van der Waals surface area contributed by atoms with E-state index in [1.165, 1.54) is 35.2 Å². The van der Waals surface area contributed by atoms with Gasteiger partial charge in [-0.2, -0.15) is 0 Å². The van der Waals surface area contributed by atoms with E-state index in [0.29, 0.717) is 10.8 Å². The van der Waals surface area contributed by atoms with Gasteiger partial charge in [-0.25, -0.2) is 4.79 Å². The van der Waals surface area contributed by atoms with Crippen molar-refractivity contribution >= 4 is 51.7 Å². The highest BCUT2D eigenvalue weighted by Gasteiger charge is 2.24. The molecule has 4 rings (SSSR count). The Hall–Kier alpha value is -4.02. The Kier molecular flexibility index (Phi) is 7.54. The van der Waals surface area contributed by atoms with Crippen LogP contribution in [0.3, 0.4) is 0 Å². The Morgan fingerprint density at radius 2 is 1.60 bits per heavy atom. The van der Waals surface area contributed by atoms with Gasteiger partial charge < -0.3 is 10.4 Å². The number of carboxylic acids is 1. The van der Waals surface area contributed by atoms with Crippen molar-refractivity contribution in [1.82, 2.24) is 10.2 Å². The lowest BCUT2D eigenvalue weighted by molar-refractivity contribution is -0.115. The molecule has 3 N–H and O–H groups in total. The molecule has 10 heteroatoms. The lowest BCUT2D eigenvalue weighted by atomic mass is 10.1. The van der Waals surface area contributed by atoms with Gasteiger partial charge in [0.2, 0.25) is 11.0 Å². The highest BCUT2D eigenvalue weighted by molar-refractivity contribution is 8.00. The van der Waals surface area contributed by atoms with Crippen LogP contribution in [0.2, 0.25) is 0 Å². The summed E-state index contributed by atoms with van der Waals surface area (Å²) in [4.78, 5) is 38.1. The Morgan fingerprint density at radius 1 is 0.886 bits per heavy atom. The summed E-state index contributed by atoms with van der Waals surface area (Å²) in [5.74, 6) is -1.96. The lowest BCUT2D eigenvalue weighted by Crippen LogP contribution is -2.19. The first-order chi connectivity index (χ1) is 16.9. The standard InChI is InChI=1S/C25H20N4O4S2/c1-15-28-29-25(34-15)27-23(31)21(16-8-3-2-4-9-16)35-18-11-7-10-17(14-18)26-22(30)19-12-5-6-13-20(19)24(32)33/h2-14,21H,1H3,(H,26,30)(H,32,33)(H,27,29,31). The van der Waals surface area contributed by atoms with Crippen LogP contribution < -0.4 is 10.6 Å². The van der Waals surface area contributed by atoms with E-state index in [9.17, 15) is 19.5 Å². The summed E-state index contributed by atoms with van der Waals surface area (Å²) in [6.07, 6.45) is 0. The van der Waals surface area contributed by atoms with Crippen LogP contribution in [0.4, 0.5) is 10.8 Å². The minimum atomic E-state index is -1.18. The number of benzene rings is 3. The second-order valence-electron chi connectivity index (χ2n) is 7.36. The molecule has 1 aromatic heterocycles. The van der Waals surface area contributed by atoms with Gasteiger partial charge in [-0.1, -0.05) is 59.9 Å². The number of carbonyl (C=O) groups is 3. The lowest BCUT2D eigenvalue weighted by Gasteiger charge is -2.17. The molecule has 1 atom stereocenters. The zero-order valence-electron chi connectivity index (χ0n) is 18.5. The van der Waals surface area contributed by atoms with E-state index in [1.807, 2.05) is 43.3 Å². The second kappa shape index (κ2) is 10.9. The number of aromatic carboxylic acids is 1. The number of carboxylic acid groups (broad SMARTS) is 1. The van der Waals surface area contributed by atoms with Crippen molar-refractivity contribution in [2.24, 2.45) is 0 Å². The number of aryl methyl sites for hydroxylation is 1. The Morgan fingerprint density at radius 3 is 2.29 bits per heavy atom. The van der Waals surface area contributed by atoms with Crippen LogP contribution >= 0.6 is 23.1 Å². The van der Waals surface area contributed by atoms with Crippen molar-refractivity contribution in [2.75, 3.05) is 10.6 Å². The SMILES string of the molecule is Cc1nnc(NC(=O)C(Sc2cccc(NC(=O)c3ccccc3C(=O)O)c2)c2ccccc2)s1. The van der Waals surface area contributed by atoms with Gasteiger partial charge in [0.15, 0.2) is 0 Å². The number of anilines is 2. The maximum absolute atomic E-state index is 13.2. The van der Waals surface area contributed by atoms with Crippen LogP contribution in [0.25, 0.3) is 0 Å². The summed E-state index contributed by atoms with van der Waals surface area (Å²) in [7, 11) is 0. The summed E-state index contributed by atoms with van der Waals surface area (Å²) in [6.45, 7) is 1.81. The molecule has 0 fully saturated rings. The summed E-state index contributed by atoms with van der Waals surface area (Å²) in [6, 6.07) is 22.4. The maximum Gasteiger partial charge on any atom is 0.336 e. The summed E-state index contributed by atoms with van der Waals surface area (Å²) < 4.78 is 0. The topological polar surface area (TPSA) is 121 Å². The molecule has 0 aliphatic rings. The van der Waals surface area contributed by atoms with Gasteiger partial charge in [0.05, 0.1) is 11.1 Å². The Balaban J connectivity index is 1.55. The van der Waals surface area contributed by atoms with Gasteiger partial charge in [-0.05, 0) is 42.8 Å². The Bertz CT molecular complexity index is 1370. The smallest absolute Gasteiger partial charge is 0.336 e. The van der Waals surface area contributed by atoms with Crippen LogP contribution in [-0.2, 0) is 4.79 Å². The predicted molar refractivity (Wildman–Crippen MR) is 136 cm³/mol. The molecule has 0 bridgehead atoms. The van der Waals surface area contributed by atoms with Crippen molar-refractivity contribution in [3.8, 4) is 0 Å². The number of aromatic nitrogens is 2. The average Bonchev–Trinajstić information content (AvgIpc) is 3.27. The molecule has 35 heavy (non-hydrogen) atoms. The quantitative estimate of drug-likeness (QED) is 0.280. The molecule has 0 aliphatic heterocycles. The van der Waals surface area contributed by atoms with Gasteiger partial charge in [0, 0.05) is 10.6 Å². The first-order valence-corrected chi connectivity index (χ1v) is 12.2. The molecule has 0 saturated carbocycles. The molecule has 2 amide bonds. The maximum atomic E-state index is 13.2. The fraction of sp³-hybridized carbons (Fsp3) is 0.0800. The number of carbonyl (C=O) groups excluding carboxylic acids is 2. The van der Waals surface area contributed by atoms with E-state index < -0.39 is 17.1 Å². The zero-order valence-corrected chi connectivity index (χ0v) is 20.1. The molecule has 1 unspecified atom stereocenters. The highest BCUT2D eigenvalue weighted by atomic mass is 32.2. The number of nitrogens with one attached hydrogen (secondary N) is 2. The van der Waals surface area contributed by atoms with Crippen molar-refractivity contribution in [3.05, 3.63) is 101 Å². The monoisotopic (exact) mass is 504 g/mol. The summed E-state index contributed by atoms with van der Waals surface area (Å²) in [5.41, 5.74) is 1.27. The van der Waals surface area contributed by atoms with Crippen LogP contribution in [-0.4, -0.2) is 33.1 Å². The van der Waals surface area contributed by atoms with Crippen molar-refractivity contribution < 1.29 is 19.5 Å². The van der Waals surface area contributed by atoms with E-state index in [0.717, 1.165) is 15.5 Å². The molecule has 1 heterocycles. The second-order valence-corrected chi connectivity index (χ2v) is 9.72. The van der Waals surface area contributed by atoms with E-state index in [-0.39, 0.29) is 17.0 Å². The largest absolute Gasteiger partial charge is 0.478 e. The van der Waals surface area contributed by atoms with Gasteiger partial charge in [-0.15, -0.1) is 22.0 Å². The molecule has 0 spiro atoms. The molecule has 176 valence electrons. The number of hydrogen-bond donors (Lipinski definition) is 3. The van der Waals surface area contributed by atoms with Gasteiger partial charge in [0.25, 0.3) is 5.91 Å². The minimum absolute atomic E-state index is 0.0620. The van der Waals surface area contributed by atoms with Gasteiger partial charge in [-0.3, -0.25) is 14.9 Å². The van der Waals surface area contributed by atoms with Crippen LogP contribution in [0.5, 0.6) is 0 Å². The summed E-state index contributed by atoms with van der Waals surface area (Å²) in [5, 5.41) is 23.4. The predicted octanol–water partition coefficient (Wildman–Crippen LogP) is 5.27. The highest BCUT2D eigenvalue weighted by Crippen LogP contribution is 2.37. The van der Waals surface area contributed by atoms with Crippen LogP contribution in [0.1, 0.15) is 36.5 Å². The van der Waals surface area contributed by atoms with Crippen LogP contribution in [0, 0.1) is 6.92 Å². The molecule has 0 radical (unpaired) electrons. The van der Waals surface area contributed by atoms with Crippen molar-refractivity contribution in [2.45, 2.75) is 17.1 Å². The van der Waals surface area contributed by atoms with Crippen LogP contribution in [0.15, 0.2) is 83.8 Å². The fourth-order valence-electron chi connectivity index (χ4n) is 3.27. The normalized spacial score (nSPS) is 11.5. The zero-order chi connectivity index (χ0) is 24.8. The number of amides is 2. The van der Waals surface area contributed by atoms with Crippen molar-refractivity contribution in [3.63, 3.8) is 0 Å². The number of rotatable bonds is 8. The third-order valence-corrected chi connectivity index (χ3v) is 6.85. The third kappa shape index (κ3) is 6.11. The number of nitrogens with zero attached hydrogens (tertiary/aromatic N) is 2. The first kappa shape index (κ1) is 24.1. The average molecular weight is 505 g/mol. The molecule has 8 nitrogen and oxygen atoms in total. The summed E-state index contributed by atoms with van der Waals surface area (Å²) >= 11 is 2.61. The molecule has 0 saturated heterocycles.